The molecule has 0 amide bonds. The van der Waals surface area contributed by atoms with Crippen LogP contribution in [0.15, 0.2) is 42.5 Å². The highest BCUT2D eigenvalue weighted by Crippen LogP contribution is 2.30. The highest BCUT2D eigenvalue weighted by Gasteiger charge is 2.17. The molecule has 110 valence electrons. The third kappa shape index (κ3) is 3.21. The quantitative estimate of drug-likeness (QED) is 0.481. The third-order valence-electron chi connectivity index (χ3n) is 2.92. The maximum atomic E-state index is 11.0. The molecular formula is C14H15N3O4. The number of rotatable bonds is 6. The van der Waals surface area contributed by atoms with E-state index in [0.717, 1.165) is 0 Å². The summed E-state index contributed by atoms with van der Waals surface area (Å²) >= 11 is 0. The van der Waals surface area contributed by atoms with Crippen LogP contribution < -0.4 is 20.7 Å². The molecule has 0 saturated heterocycles. The number of nitro benzene ring substituents is 1. The molecule has 7 nitrogen and oxygen atoms in total. The van der Waals surface area contributed by atoms with E-state index in [2.05, 4.69) is 5.43 Å². The number of nitrogens with zero attached hydrogens (tertiary/aromatic N) is 1. The monoisotopic (exact) mass is 289 g/mol. The predicted octanol–water partition coefficient (Wildman–Crippen LogP) is 2.47. The maximum Gasteiger partial charge on any atom is 0.294 e. The number of hydrogen-bond donors (Lipinski definition) is 2. The zero-order valence-electron chi connectivity index (χ0n) is 11.4. The zero-order chi connectivity index (χ0) is 15.2. The van der Waals surface area contributed by atoms with Crippen molar-refractivity contribution in [1.29, 1.82) is 0 Å². The second-order valence-electron chi connectivity index (χ2n) is 4.15. The van der Waals surface area contributed by atoms with Gasteiger partial charge in [-0.1, -0.05) is 24.3 Å². The number of hydrogen-bond acceptors (Lipinski definition) is 6. The molecule has 21 heavy (non-hydrogen) atoms. The van der Waals surface area contributed by atoms with Crippen LogP contribution in [-0.2, 0) is 6.61 Å². The number of benzene rings is 2. The summed E-state index contributed by atoms with van der Waals surface area (Å²) in [7, 11) is 1.54. The van der Waals surface area contributed by atoms with Gasteiger partial charge in [-0.25, -0.2) is 0 Å². The summed E-state index contributed by atoms with van der Waals surface area (Å²) in [6.45, 7) is 0.127. The van der Waals surface area contributed by atoms with E-state index in [1.54, 1.807) is 31.4 Å². The number of anilines is 1. The van der Waals surface area contributed by atoms with Gasteiger partial charge in [0.2, 0.25) is 0 Å². The number of nitro groups is 1. The lowest BCUT2D eigenvalue weighted by Crippen LogP contribution is -2.12. The molecule has 0 aromatic heterocycles. The second kappa shape index (κ2) is 6.58. The molecule has 2 rings (SSSR count). The van der Waals surface area contributed by atoms with Crippen LogP contribution in [0, 0.1) is 10.1 Å². The standard InChI is InChI=1S/C14H15N3O4/c1-20-12-7-2-3-8-13(12)21-9-10-5-4-6-11(17(18)19)14(10)16-15/h2-8,16H,9,15H2,1H3. The first kappa shape index (κ1) is 14.6. The Labute approximate surface area is 121 Å². The second-order valence-corrected chi connectivity index (χ2v) is 4.15. The van der Waals surface area contributed by atoms with E-state index in [4.69, 9.17) is 15.3 Å². The van der Waals surface area contributed by atoms with Gasteiger partial charge in [0.1, 0.15) is 12.3 Å². The minimum Gasteiger partial charge on any atom is -0.493 e. The van der Waals surface area contributed by atoms with Crippen LogP contribution in [0.5, 0.6) is 11.5 Å². The number of para-hydroxylation sites is 3. The predicted molar refractivity (Wildman–Crippen MR) is 78.2 cm³/mol. The maximum absolute atomic E-state index is 11.0. The van der Waals surface area contributed by atoms with Gasteiger partial charge in [-0.2, -0.15) is 0 Å². The first-order valence-corrected chi connectivity index (χ1v) is 6.16. The molecule has 0 spiro atoms. The summed E-state index contributed by atoms with van der Waals surface area (Å²) in [6.07, 6.45) is 0. The van der Waals surface area contributed by atoms with Gasteiger partial charge in [0.25, 0.3) is 5.69 Å². The summed E-state index contributed by atoms with van der Waals surface area (Å²) in [4.78, 5) is 10.5. The van der Waals surface area contributed by atoms with Gasteiger partial charge >= 0.3 is 0 Å². The highest BCUT2D eigenvalue weighted by molar-refractivity contribution is 5.65. The first-order chi connectivity index (χ1) is 10.2. The van der Waals surface area contributed by atoms with Crippen molar-refractivity contribution in [3.05, 3.63) is 58.1 Å². The molecule has 0 atom stereocenters. The molecule has 0 aliphatic carbocycles. The van der Waals surface area contributed by atoms with E-state index >= 15 is 0 Å². The van der Waals surface area contributed by atoms with E-state index in [0.29, 0.717) is 17.1 Å². The minimum atomic E-state index is -0.498. The normalized spacial score (nSPS) is 10.0. The van der Waals surface area contributed by atoms with Gasteiger partial charge in [0, 0.05) is 11.6 Å². The highest BCUT2D eigenvalue weighted by atomic mass is 16.6. The molecule has 0 fully saturated rings. The van der Waals surface area contributed by atoms with Crippen LogP contribution in [0.4, 0.5) is 11.4 Å². The lowest BCUT2D eigenvalue weighted by molar-refractivity contribution is -0.384. The van der Waals surface area contributed by atoms with Crippen molar-refractivity contribution in [2.75, 3.05) is 12.5 Å². The first-order valence-electron chi connectivity index (χ1n) is 6.16. The van der Waals surface area contributed by atoms with Crippen molar-refractivity contribution >= 4 is 11.4 Å². The van der Waals surface area contributed by atoms with E-state index in [9.17, 15) is 10.1 Å². The SMILES string of the molecule is COc1ccccc1OCc1cccc([N+](=O)[O-])c1NN. The van der Waals surface area contributed by atoms with Gasteiger partial charge in [-0.3, -0.25) is 16.0 Å². The van der Waals surface area contributed by atoms with Crippen LogP contribution in [0.1, 0.15) is 5.56 Å². The van der Waals surface area contributed by atoms with Gasteiger partial charge in [-0.05, 0) is 12.1 Å². The molecule has 0 bridgehead atoms. The van der Waals surface area contributed by atoms with E-state index < -0.39 is 4.92 Å². The van der Waals surface area contributed by atoms with Crippen molar-refractivity contribution in [1.82, 2.24) is 0 Å². The lowest BCUT2D eigenvalue weighted by Gasteiger charge is -2.12. The van der Waals surface area contributed by atoms with Gasteiger partial charge in [0.15, 0.2) is 11.5 Å². The van der Waals surface area contributed by atoms with Crippen molar-refractivity contribution in [2.24, 2.45) is 5.84 Å². The van der Waals surface area contributed by atoms with Crippen LogP contribution in [0.3, 0.4) is 0 Å². The van der Waals surface area contributed by atoms with Crippen LogP contribution in [0.25, 0.3) is 0 Å². The topological polar surface area (TPSA) is 99.6 Å². The van der Waals surface area contributed by atoms with Crippen LogP contribution in [0.2, 0.25) is 0 Å². The number of nitrogens with one attached hydrogen (secondary N) is 1. The van der Waals surface area contributed by atoms with Crippen molar-refractivity contribution < 1.29 is 14.4 Å². The Balaban J connectivity index is 2.24. The Bertz CT molecular complexity index is 646. The summed E-state index contributed by atoms with van der Waals surface area (Å²) < 4.78 is 10.8. The Kier molecular flexibility index (Phi) is 4.57. The van der Waals surface area contributed by atoms with E-state index in [1.807, 2.05) is 12.1 Å². The van der Waals surface area contributed by atoms with Crippen molar-refractivity contribution in [3.8, 4) is 11.5 Å². The van der Waals surface area contributed by atoms with Gasteiger partial charge in [0.05, 0.1) is 12.0 Å². The zero-order valence-corrected chi connectivity index (χ0v) is 11.4. The van der Waals surface area contributed by atoms with Gasteiger partial charge < -0.3 is 14.9 Å². The smallest absolute Gasteiger partial charge is 0.294 e. The fourth-order valence-corrected chi connectivity index (χ4v) is 1.92. The average molecular weight is 289 g/mol. The number of nitrogens with two attached hydrogens (primary N) is 1. The number of methoxy groups -OCH3 is 1. The molecule has 0 saturated carbocycles. The molecule has 2 aromatic carbocycles. The third-order valence-corrected chi connectivity index (χ3v) is 2.92. The lowest BCUT2D eigenvalue weighted by atomic mass is 10.1. The minimum absolute atomic E-state index is 0.0985. The Hall–Kier alpha value is -2.80. The van der Waals surface area contributed by atoms with Crippen molar-refractivity contribution in [2.45, 2.75) is 6.61 Å². The molecule has 7 heteroatoms. The number of nitrogen functional groups attached to an aromatic ring is 1. The summed E-state index contributed by atoms with van der Waals surface area (Å²) in [6, 6.07) is 11.8. The number of hydrazine groups is 1. The molecule has 0 aliphatic rings. The van der Waals surface area contributed by atoms with E-state index in [-0.39, 0.29) is 18.0 Å². The molecule has 0 aliphatic heterocycles. The summed E-state index contributed by atoms with van der Waals surface area (Å²) in [5.41, 5.74) is 3.07. The summed E-state index contributed by atoms with van der Waals surface area (Å²) in [5, 5.41) is 11.0. The molecule has 2 aromatic rings. The molecule has 0 radical (unpaired) electrons. The fraction of sp³-hybridized carbons (Fsp3) is 0.143. The van der Waals surface area contributed by atoms with Crippen LogP contribution >= 0.6 is 0 Å². The van der Waals surface area contributed by atoms with Crippen molar-refractivity contribution in [3.63, 3.8) is 0 Å². The molecular weight excluding hydrogens is 274 g/mol. The van der Waals surface area contributed by atoms with E-state index in [1.165, 1.54) is 6.07 Å². The largest absolute Gasteiger partial charge is 0.493 e. The molecule has 0 unspecified atom stereocenters. The Morgan fingerprint density at radius 3 is 2.52 bits per heavy atom. The Morgan fingerprint density at radius 1 is 1.19 bits per heavy atom. The number of ether oxygens (including phenoxy) is 2. The average Bonchev–Trinajstić information content (AvgIpc) is 2.52. The van der Waals surface area contributed by atoms with Gasteiger partial charge in [-0.15, -0.1) is 0 Å². The molecule has 3 N–H and O–H groups in total. The fourth-order valence-electron chi connectivity index (χ4n) is 1.92. The summed E-state index contributed by atoms with van der Waals surface area (Å²) in [5.74, 6) is 6.52. The molecule has 0 heterocycles. The Morgan fingerprint density at radius 2 is 1.90 bits per heavy atom. The van der Waals surface area contributed by atoms with Crippen LogP contribution in [-0.4, -0.2) is 12.0 Å².